The lowest BCUT2D eigenvalue weighted by molar-refractivity contribution is -0.384. The molecule has 0 saturated carbocycles. The number of hydrogen-bond acceptors (Lipinski definition) is 4. The Bertz CT molecular complexity index is 583. The number of ether oxygens (including phenoxy) is 1. The van der Waals surface area contributed by atoms with Gasteiger partial charge in [-0.25, -0.2) is 0 Å². The Morgan fingerprint density at radius 2 is 2.14 bits per heavy atom. The van der Waals surface area contributed by atoms with Gasteiger partial charge in [0.15, 0.2) is 0 Å². The van der Waals surface area contributed by atoms with Crippen LogP contribution >= 0.6 is 0 Å². The molecule has 1 aromatic rings. The number of nitrogens with zero attached hydrogens (tertiary/aromatic N) is 2. The second kappa shape index (κ2) is 5.44. The Morgan fingerprint density at radius 1 is 1.48 bits per heavy atom. The van der Waals surface area contributed by atoms with Crippen molar-refractivity contribution in [3.63, 3.8) is 0 Å². The molecule has 0 bridgehead atoms. The summed E-state index contributed by atoms with van der Waals surface area (Å²) in [4.78, 5) is 24.8. The number of nitro groups is 1. The van der Waals surface area contributed by atoms with Crippen LogP contribution in [0, 0.1) is 17.0 Å². The summed E-state index contributed by atoms with van der Waals surface area (Å²) in [6.45, 7) is 8.53. The molecular weight excluding hydrogens is 272 g/mol. The van der Waals surface area contributed by atoms with E-state index in [4.69, 9.17) is 4.74 Å². The molecule has 1 fully saturated rings. The first-order valence-corrected chi connectivity index (χ1v) is 6.92. The van der Waals surface area contributed by atoms with E-state index in [9.17, 15) is 14.9 Å². The van der Waals surface area contributed by atoms with Crippen molar-refractivity contribution in [3.05, 3.63) is 39.4 Å². The van der Waals surface area contributed by atoms with E-state index < -0.39 is 10.5 Å². The average Bonchev–Trinajstić information content (AvgIpc) is 2.35. The topological polar surface area (TPSA) is 72.7 Å². The molecule has 1 aromatic carbocycles. The summed E-state index contributed by atoms with van der Waals surface area (Å²) in [6, 6.07) is 4.38. The van der Waals surface area contributed by atoms with Crippen LogP contribution in [0.15, 0.2) is 18.2 Å². The molecular formula is C15H20N2O4. The van der Waals surface area contributed by atoms with Gasteiger partial charge in [-0.05, 0) is 33.3 Å². The molecule has 0 radical (unpaired) electrons. The lowest BCUT2D eigenvalue weighted by Crippen LogP contribution is -2.53. The lowest BCUT2D eigenvalue weighted by atomic mass is 10.0. The van der Waals surface area contributed by atoms with E-state index in [0.29, 0.717) is 18.7 Å². The van der Waals surface area contributed by atoms with Gasteiger partial charge >= 0.3 is 0 Å². The predicted molar refractivity (Wildman–Crippen MR) is 78.4 cm³/mol. The minimum atomic E-state index is -0.484. The zero-order valence-corrected chi connectivity index (χ0v) is 12.8. The van der Waals surface area contributed by atoms with Gasteiger partial charge in [-0.3, -0.25) is 14.9 Å². The minimum absolute atomic E-state index is 0.0586. The Labute approximate surface area is 123 Å². The summed E-state index contributed by atoms with van der Waals surface area (Å²) in [5, 5.41) is 10.9. The summed E-state index contributed by atoms with van der Waals surface area (Å²) in [5.74, 6) is -0.181. The Morgan fingerprint density at radius 3 is 2.71 bits per heavy atom. The summed E-state index contributed by atoms with van der Waals surface area (Å²) in [6.07, 6.45) is -0.0586. The Hall–Kier alpha value is -1.95. The number of amides is 1. The average molecular weight is 292 g/mol. The van der Waals surface area contributed by atoms with E-state index in [2.05, 4.69) is 0 Å². The highest BCUT2D eigenvalue weighted by Gasteiger charge is 2.34. The van der Waals surface area contributed by atoms with Crippen molar-refractivity contribution in [3.8, 4) is 0 Å². The van der Waals surface area contributed by atoms with E-state index in [1.165, 1.54) is 12.1 Å². The molecule has 114 valence electrons. The molecule has 1 heterocycles. The van der Waals surface area contributed by atoms with E-state index in [1.807, 2.05) is 20.8 Å². The minimum Gasteiger partial charge on any atom is -0.369 e. The fourth-order valence-electron chi connectivity index (χ4n) is 2.73. The standard InChI is InChI=1S/C15H20N2O4/c1-10-5-6-12(17(19)20)7-13(10)14(18)16-8-11(2)21-15(3,4)9-16/h5-7,11H,8-9H2,1-4H3. The fraction of sp³-hybridized carbons (Fsp3) is 0.533. The first kappa shape index (κ1) is 15.4. The van der Waals surface area contributed by atoms with Crippen LogP contribution in [0.1, 0.15) is 36.7 Å². The largest absolute Gasteiger partial charge is 0.369 e. The molecule has 1 amide bonds. The molecule has 1 aliphatic rings. The SMILES string of the molecule is Cc1ccc([N+](=O)[O-])cc1C(=O)N1CC(C)OC(C)(C)C1. The fourth-order valence-corrected chi connectivity index (χ4v) is 2.73. The molecule has 1 atom stereocenters. The van der Waals surface area contributed by atoms with E-state index in [0.717, 1.165) is 5.56 Å². The van der Waals surface area contributed by atoms with Crippen LogP contribution in [0.5, 0.6) is 0 Å². The highest BCUT2D eigenvalue weighted by atomic mass is 16.6. The third-order valence-corrected chi connectivity index (χ3v) is 3.52. The maximum atomic E-state index is 12.7. The smallest absolute Gasteiger partial charge is 0.270 e. The van der Waals surface area contributed by atoms with Gasteiger partial charge in [-0.2, -0.15) is 0 Å². The maximum absolute atomic E-state index is 12.7. The second-order valence-electron chi connectivity index (χ2n) is 6.13. The van der Waals surface area contributed by atoms with Crippen LogP contribution in [-0.2, 0) is 4.74 Å². The second-order valence-corrected chi connectivity index (χ2v) is 6.13. The van der Waals surface area contributed by atoms with Crippen molar-refractivity contribution in [1.82, 2.24) is 4.90 Å². The molecule has 1 unspecified atom stereocenters. The molecule has 1 aliphatic heterocycles. The van der Waals surface area contributed by atoms with E-state index in [1.54, 1.807) is 17.9 Å². The van der Waals surface area contributed by atoms with Crippen LogP contribution in [-0.4, -0.2) is 40.5 Å². The van der Waals surface area contributed by atoms with Crippen LogP contribution < -0.4 is 0 Å². The van der Waals surface area contributed by atoms with Gasteiger partial charge in [0.1, 0.15) is 0 Å². The number of nitro benzene ring substituents is 1. The van der Waals surface area contributed by atoms with Crippen molar-refractivity contribution in [2.24, 2.45) is 0 Å². The third-order valence-electron chi connectivity index (χ3n) is 3.52. The van der Waals surface area contributed by atoms with Gasteiger partial charge in [-0.1, -0.05) is 6.07 Å². The molecule has 0 aliphatic carbocycles. The molecule has 0 N–H and O–H groups in total. The monoisotopic (exact) mass is 292 g/mol. The van der Waals surface area contributed by atoms with Crippen LogP contribution in [0.25, 0.3) is 0 Å². The van der Waals surface area contributed by atoms with Crippen LogP contribution in [0.4, 0.5) is 5.69 Å². The molecule has 21 heavy (non-hydrogen) atoms. The lowest BCUT2D eigenvalue weighted by Gasteiger charge is -2.41. The number of non-ortho nitro benzene ring substituents is 1. The quantitative estimate of drug-likeness (QED) is 0.620. The Balaban J connectivity index is 2.31. The summed E-state index contributed by atoms with van der Waals surface area (Å²) in [5.41, 5.74) is 0.642. The summed E-state index contributed by atoms with van der Waals surface area (Å²) < 4.78 is 5.78. The van der Waals surface area contributed by atoms with Gasteiger partial charge < -0.3 is 9.64 Å². The number of carbonyl (C=O) groups is 1. The number of hydrogen-bond donors (Lipinski definition) is 0. The highest BCUT2D eigenvalue weighted by Crippen LogP contribution is 2.24. The van der Waals surface area contributed by atoms with E-state index >= 15 is 0 Å². The number of benzene rings is 1. The van der Waals surface area contributed by atoms with Crippen molar-refractivity contribution < 1.29 is 14.5 Å². The summed E-state index contributed by atoms with van der Waals surface area (Å²) >= 11 is 0. The van der Waals surface area contributed by atoms with Crippen molar-refractivity contribution in [1.29, 1.82) is 0 Å². The molecule has 6 nitrogen and oxygen atoms in total. The first-order chi connectivity index (χ1) is 9.69. The zero-order valence-electron chi connectivity index (χ0n) is 12.8. The van der Waals surface area contributed by atoms with Crippen molar-refractivity contribution in [2.75, 3.05) is 13.1 Å². The molecule has 0 aromatic heterocycles. The highest BCUT2D eigenvalue weighted by molar-refractivity contribution is 5.96. The predicted octanol–water partition coefficient (Wildman–Crippen LogP) is 2.54. The van der Waals surface area contributed by atoms with Gasteiger partial charge in [0.2, 0.25) is 0 Å². The van der Waals surface area contributed by atoms with Gasteiger partial charge in [0.25, 0.3) is 11.6 Å². The van der Waals surface area contributed by atoms with Crippen LogP contribution in [0.3, 0.4) is 0 Å². The van der Waals surface area contributed by atoms with Gasteiger partial charge in [0, 0.05) is 30.8 Å². The zero-order chi connectivity index (χ0) is 15.8. The molecule has 0 spiro atoms. The van der Waals surface area contributed by atoms with E-state index in [-0.39, 0.29) is 17.7 Å². The molecule has 6 heteroatoms. The molecule has 2 rings (SSSR count). The van der Waals surface area contributed by atoms with Crippen LogP contribution in [0.2, 0.25) is 0 Å². The number of rotatable bonds is 2. The van der Waals surface area contributed by atoms with Crippen molar-refractivity contribution in [2.45, 2.75) is 39.4 Å². The number of morpholine rings is 1. The maximum Gasteiger partial charge on any atom is 0.270 e. The number of carbonyl (C=O) groups excluding carboxylic acids is 1. The molecule has 1 saturated heterocycles. The first-order valence-electron chi connectivity index (χ1n) is 6.92. The Kier molecular flexibility index (Phi) is 4.00. The normalized spacial score (nSPS) is 21.1. The third kappa shape index (κ3) is 3.39. The van der Waals surface area contributed by atoms with Crippen molar-refractivity contribution >= 4 is 11.6 Å². The summed E-state index contributed by atoms with van der Waals surface area (Å²) in [7, 11) is 0. The number of aryl methyl sites for hydroxylation is 1. The van der Waals surface area contributed by atoms with Gasteiger partial charge in [-0.15, -0.1) is 0 Å². The van der Waals surface area contributed by atoms with Gasteiger partial charge in [0.05, 0.1) is 16.6 Å².